The highest BCUT2D eigenvalue weighted by atomic mass is 19.2. The molecule has 5 aliphatic carbocycles. The molecule has 3 fully saturated rings. The number of aliphatic hydroxyl groups is 1. The number of hydrogen-bond donors (Lipinski definition) is 1. The van der Waals surface area contributed by atoms with E-state index in [9.17, 15) is 13.9 Å². The van der Waals surface area contributed by atoms with Crippen molar-refractivity contribution in [3.63, 3.8) is 0 Å². The van der Waals surface area contributed by atoms with Crippen molar-refractivity contribution >= 4 is 0 Å². The van der Waals surface area contributed by atoms with Gasteiger partial charge in [-0.15, -0.1) is 0 Å². The Balaban J connectivity index is 1.43. The Morgan fingerprint density at radius 2 is 1.25 bits per heavy atom. The smallest absolute Gasteiger partial charge is 0.163 e. The number of fused-ring (bicyclic) bond motifs is 2. The van der Waals surface area contributed by atoms with Gasteiger partial charge in [-0.25, -0.2) is 8.78 Å². The Hall–Kier alpha value is -0.440. The van der Waals surface area contributed by atoms with Gasteiger partial charge in [0.25, 0.3) is 0 Å². The van der Waals surface area contributed by atoms with Crippen LogP contribution in [0.5, 0.6) is 0 Å². The van der Waals surface area contributed by atoms with Crippen LogP contribution in [0, 0.1) is 29.1 Å². The van der Waals surface area contributed by atoms with E-state index < -0.39 is 22.7 Å². The lowest BCUT2D eigenvalue weighted by Gasteiger charge is -2.53. The van der Waals surface area contributed by atoms with Crippen LogP contribution < -0.4 is 0 Å². The number of allylic oxidation sites excluding steroid dienone is 1. The molecule has 3 saturated carbocycles. The van der Waals surface area contributed by atoms with Crippen LogP contribution in [0.4, 0.5) is 8.78 Å². The first-order valence-electron chi connectivity index (χ1n) is 10.2. The summed E-state index contributed by atoms with van der Waals surface area (Å²) in [5.41, 5.74) is -2.07. The second kappa shape index (κ2) is 6.07. The summed E-state index contributed by atoms with van der Waals surface area (Å²) in [5, 5.41) is 10.2. The fourth-order valence-corrected chi connectivity index (χ4v) is 6.46. The van der Waals surface area contributed by atoms with Gasteiger partial charge >= 0.3 is 0 Å². The summed E-state index contributed by atoms with van der Waals surface area (Å²) in [4.78, 5) is 0. The van der Waals surface area contributed by atoms with E-state index in [0.717, 1.165) is 30.6 Å². The largest absolute Gasteiger partial charge is 0.383 e. The summed E-state index contributed by atoms with van der Waals surface area (Å²) in [7, 11) is 0. The molecule has 0 unspecified atom stereocenters. The zero-order valence-electron chi connectivity index (χ0n) is 15.0. The summed E-state index contributed by atoms with van der Waals surface area (Å²) in [6.45, 7) is 2.36. The van der Waals surface area contributed by atoms with Gasteiger partial charge in [0, 0.05) is 5.41 Å². The maximum Gasteiger partial charge on any atom is 0.163 e. The van der Waals surface area contributed by atoms with Crippen LogP contribution in [0.25, 0.3) is 0 Å². The molecule has 0 aliphatic heterocycles. The molecule has 0 spiro atoms. The molecule has 3 heteroatoms. The molecule has 24 heavy (non-hydrogen) atoms. The topological polar surface area (TPSA) is 20.2 Å². The van der Waals surface area contributed by atoms with Crippen molar-refractivity contribution in [2.24, 2.45) is 29.1 Å². The molecule has 0 aromatic heterocycles. The summed E-state index contributed by atoms with van der Waals surface area (Å²) < 4.78 is 29.1. The van der Waals surface area contributed by atoms with Crippen LogP contribution >= 0.6 is 0 Å². The zero-order valence-corrected chi connectivity index (χ0v) is 15.0. The van der Waals surface area contributed by atoms with Crippen LogP contribution in [0.3, 0.4) is 0 Å². The first kappa shape index (κ1) is 17.0. The van der Waals surface area contributed by atoms with E-state index in [-0.39, 0.29) is 5.92 Å². The summed E-state index contributed by atoms with van der Waals surface area (Å²) in [6.07, 6.45) is 12.1. The molecule has 0 aromatic rings. The first-order chi connectivity index (χ1) is 11.4. The molecule has 5 rings (SSSR count). The SMILES string of the molecule is CC1CCC(C2CCC(C34CCC(O)(CC3)C(F)=C4F)CC2)CC1. The Bertz CT molecular complexity index is 502. The molecule has 1 nitrogen and oxygen atoms in total. The van der Waals surface area contributed by atoms with Gasteiger partial charge in [0.15, 0.2) is 5.83 Å². The average molecular weight is 338 g/mol. The Kier molecular flexibility index (Phi) is 4.30. The van der Waals surface area contributed by atoms with Crippen LogP contribution in [0.2, 0.25) is 0 Å². The third-order valence-electron chi connectivity index (χ3n) is 8.29. The molecule has 0 aromatic carbocycles. The summed E-state index contributed by atoms with van der Waals surface area (Å²) in [6, 6.07) is 0. The molecule has 0 atom stereocenters. The molecule has 136 valence electrons. The Labute approximate surface area is 144 Å². The van der Waals surface area contributed by atoms with Gasteiger partial charge in [0.2, 0.25) is 0 Å². The van der Waals surface area contributed by atoms with E-state index in [0.29, 0.717) is 25.7 Å². The lowest BCUT2D eigenvalue weighted by Crippen LogP contribution is -2.50. The van der Waals surface area contributed by atoms with Gasteiger partial charge in [-0.3, -0.25) is 0 Å². The van der Waals surface area contributed by atoms with Gasteiger partial charge in [-0.2, -0.15) is 0 Å². The highest BCUT2D eigenvalue weighted by Crippen LogP contribution is 2.62. The predicted octanol–water partition coefficient (Wildman–Crippen LogP) is 6.07. The Morgan fingerprint density at radius 3 is 1.79 bits per heavy atom. The predicted molar refractivity (Wildman–Crippen MR) is 91.7 cm³/mol. The monoisotopic (exact) mass is 338 g/mol. The van der Waals surface area contributed by atoms with Crippen molar-refractivity contribution in [1.29, 1.82) is 0 Å². The van der Waals surface area contributed by atoms with Gasteiger partial charge in [0.1, 0.15) is 11.4 Å². The van der Waals surface area contributed by atoms with Gasteiger partial charge < -0.3 is 5.11 Å². The normalized spacial score (nSPS) is 49.5. The van der Waals surface area contributed by atoms with Crippen LogP contribution in [-0.4, -0.2) is 10.7 Å². The fourth-order valence-electron chi connectivity index (χ4n) is 6.46. The van der Waals surface area contributed by atoms with Crippen LogP contribution in [-0.2, 0) is 0 Å². The Morgan fingerprint density at radius 1 is 0.750 bits per heavy atom. The highest BCUT2D eigenvalue weighted by Gasteiger charge is 2.58. The molecule has 0 amide bonds. The van der Waals surface area contributed by atoms with E-state index in [1.807, 2.05) is 0 Å². The van der Waals surface area contributed by atoms with E-state index in [4.69, 9.17) is 0 Å². The second-order valence-corrected chi connectivity index (χ2v) is 9.45. The molecule has 5 aliphatic rings. The molecule has 1 N–H and O–H groups in total. The third kappa shape index (κ3) is 2.57. The molecule has 2 bridgehead atoms. The number of hydrogen-bond acceptors (Lipinski definition) is 1. The van der Waals surface area contributed by atoms with Crippen molar-refractivity contribution in [3.05, 3.63) is 11.7 Å². The number of rotatable bonds is 2. The maximum atomic E-state index is 14.8. The van der Waals surface area contributed by atoms with Gasteiger partial charge in [0.05, 0.1) is 0 Å². The molecule has 0 radical (unpaired) electrons. The molecular weight excluding hydrogens is 306 g/mol. The molecular formula is C21H32F2O. The van der Waals surface area contributed by atoms with Crippen molar-refractivity contribution in [2.75, 3.05) is 0 Å². The van der Waals surface area contributed by atoms with Crippen molar-refractivity contribution < 1.29 is 13.9 Å². The standard InChI is InChI=1S/C21H32F2O/c1-14-2-4-15(5-3-14)16-6-8-17(9-7-16)20-10-12-21(24,13-11-20)19(23)18(20)22/h14-17,24H,2-13H2,1H3. The van der Waals surface area contributed by atoms with E-state index >= 15 is 0 Å². The van der Waals surface area contributed by atoms with Crippen LogP contribution in [0.15, 0.2) is 11.7 Å². The summed E-state index contributed by atoms with van der Waals surface area (Å²) >= 11 is 0. The first-order valence-corrected chi connectivity index (χ1v) is 10.2. The van der Waals surface area contributed by atoms with E-state index in [2.05, 4.69) is 6.92 Å². The van der Waals surface area contributed by atoms with Gasteiger partial charge in [-0.05, 0) is 87.9 Å². The van der Waals surface area contributed by atoms with Crippen molar-refractivity contribution in [3.8, 4) is 0 Å². The molecule has 0 heterocycles. The highest BCUT2D eigenvalue weighted by molar-refractivity contribution is 5.29. The minimum Gasteiger partial charge on any atom is -0.383 e. The zero-order chi connectivity index (χ0) is 16.9. The summed E-state index contributed by atoms with van der Waals surface area (Å²) in [5.74, 6) is 1.44. The fraction of sp³-hybridized carbons (Fsp3) is 0.905. The minimum absolute atomic E-state index is 0.284. The maximum absolute atomic E-state index is 14.8. The average Bonchev–Trinajstić information content (AvgIpc) is 2.61. The van der Waals surface area contributed by atoms with Crippen molar-refractivity contribution in [1.82, 2.24) is 0 Å². The van der Waals surface area contributed by atoms with Crippen LogP contribution in [0.1, 0.15) is 84.0 Å². The van der Waals surface area contributed by atoms with Gasteiger partial charge in [-0.1, -0.05) is 19.8 Å². The quantitative estimate of drug-likeness (QED) is 0.647. The lowest BCUT2D eigenvalue weighted by atomic mass is 9.53. The van der Waals surface area contributed by atoms with E-state index in [1.54, 1.807) is 0 Å². The van der Waals surface area contributed by atoms with E-state index in [1.165, 1.54) is 38.5 Å². The molecule has 0 saturated heterocycles. The number of halogens is 2. The lowest BCUT2D eigenvalue weighted by molar-refractivity contribution is -0.0752. The minimum atomic E-state index is -1.48. The second-order valence-electron chi connectivity index (χ2n) is 9.45. The van der Waals surface area contributed by atoms with Crippen molar-refractivity contribution in [2.45, 2.75) is 89.6 Å². The third-order valence-corrected chi connectivity index (χ3v) is 8.29.